The average molecular weight is 355 g/mol. The summed E-state index contributed by atoms with van der Waals surface area (Å²) in [5.41, 5.74) is 0.149. The Morgan fingerprint density at radius 2 is 2.08 bits per heavy atom. The minimum Gasteiger partial charge on any atom is -0.452 e. The highest BCUT2D eigenvalue weighted by Crippen LogP contribution is 2.17. The first kappa shape index (κ1) is 17.8. The molecule has 0 bridgehead atoms. The third-order valence-electron chi connectivity index (χ3n) is 3.12. The van der Waals surface area contributed by atoms with Crippen LogP contribution >= 0.6 is 11.6 Å². The lowest BCUT2D eigenvalue weighted by Crippen LogP contribution is -2.31. The highest BCUT2D eigenvalue weighted by molar-refractivity contribution is 6.32. The number of nitrogens with one attached hydrogen (secondary N) is 1. The number of rotatable bonds is 5. The fourth-order valence-corrected chi connectivity index (χ4v) is 2.16. The molecular formula is C16H13ClF2N2O3. The minimum atomic E-state index is -0.802. The van der Waals surface area contributed by atoms with E-state index < -0.39 is 36.2 Å². The number of amides is 1. The number of ether oxygens (including phenoxy) is 1. The summed E-state index contributed by atoms with van der Waals surface area (Å²) < 4.78 is 31.3. The van der Waals surface area contributed by atoms with Gasteiger partial charge in [0, 0.05) is 17.8 Å². The van der Waals surface area contributed by atoms with Crippen LogP contribution in [0.1, 0.15) is 28.9 Å². The monoisotopic (exact) mass is 354 g/mol. The number of hydrogen-bond acceptors (Lipinski definition) is 4. The highest BCUT2D eigenvalue weighted by atomic mass is 35.5. The average Bonchev–Trinajstić information content (AvgIpc) is 2.52. The molecule has 1 atom stereocenters. The van der Waals surface area contributed by atoms with Crippen LogP contribution in [0, 0.1) is 11.6 Å². The van der Waals surface area contributed by atoms with Crippen LogP contribution in [0.3, 0.4) is 0 Å². The van der Waals surface area contributed by atoms with Crippen molar-refractivity contribution in [3.05, 3.63) is 64.4 Å². The van der Waals surface area contributed by atoms with Gasteiger partial charge in [0.1, 0.15) is 16.8 Å². The standard InChI is InChI=1S/C16H13ClF2N2O3/c1-9(11-5-4-10(18)7-13(11)19)21-14(22)8-24-16(23)12-3-2-6-20-15(12)17/h2-7,9H,8H2,1H3,(H,21,22)/t9-/m1/s1. The normalized spacial score (nSPS) is 11.7. The summed E-state index contributed by atoms with van der Waals surface area (Å²) in [6.45, 7) is 0.950. The van der Waals surface area contributed by atoms with Gasteiger partial charge in [0.25, 0.3) is 5.91 Å². The fraction of sp³-hybridized carbons (Fsp3) is 0.188. The summed E-state index contributed by atoms with van der Waals surface area (Å²) in [6, 6.07) is 5.23. The zero-order valence-electron chi connectivity index (χ0n) is 12.6. The molecule has 1 aromatic heterocycles. The number of pyridine rings is 1. The number of esters is 1. The number of halogens is 3. The second-order valence-electron chi connectivity index (χ2n) is 4.87. The van der Waals surface area contributed by atoms with Crippen LogP contribution in [-0.4, -0.2) is 23.5 Å². The Bertz CT molecular complexity index is 771. The summed E-state index contributed by atoms with van der Waals surface area (Å²) in [6.07, 6.45) is 1.41. The van der Waals surface area contributed by atoms with Gasteiger partial charge in [0.15, 0.2) is 6.61 Å². The Kier molecular flexibility index (Phi) is 5.81. The van der Waals surface area contributed by atoms with Gasteiger partial charge in [-0.2, -0.15) is 0 Å². The predicted octanol–water partition coefficient (Wildman–Crippen LogP) is 3.05. The Hall–Kier alpha value is -2.54. The third-order valence-corrected chi connectivity index (χ3v) is 3.42. The first-order chi connectivity index (χ1) is 11.4. The molecule has 0 unspecified atom stereocenters. The molecule has 0 fully saturated rings. The second-order valence-corrected chi connectivity index (χ2v) is 5.23. The summed E-state index contributed by atoms with van der Waals surface area (Å²) in [5, 5.41) is 2.41. The zero-order chi connectivity index (χ0) is 17.7. The Balaban J connectivity index is 1.91. The molecule has 8 heteroatoms. The molecule has 0 aliphatic rings. The number of carbonyl (C=O) groups is 2. The summed E-state index contributed by atoms with van der Waals surface area (Å²) in [4.78, 5) is 27.3. The minimum absolute atomic E-state index is 0.0320. The Morgan fingerprint density at radius 1 is 1.33 bits per heavy atom. The van der Waals surface area contributed by atoms with Crippen molar-refractivity contribution >= 4 is 23.5 Å². The van der Waals surface area contributed by atoms with Crippen LogP contribution in [0.4, 0.5) is 8.78 Å². The molecule has 0 radical (unpaired) electrons. The molecule has 1 N–H and O–H groups in total. The first-order valence-corrected chi connectivity index (χ1v) is 7.28. The highest BCUT2D eigenvalue weighted by Gasteiger charge is 2.17. The van der Waals surface area contributed by atoms with E-state index in [1.54, 1.807) is 0 Å². The molecule has 1 amide bonds. The molecule has 126 valence electrons. The number of benzene rings is 1. The number of hydrogen-bond donors (Lipinski definition) is 1. The SMILES string of the molecule is C[C@@H](NC(=O)COC(=O)c1cccnc1Cl)c1ccc(F)cc1F. The molecule has 24 heavy (non-hydrogen) atoms. The van der Waals surface area contributed by atoms with Crippen LogP contribution in [-0.2, 0) is 9.53 Å². The van der Waals surface area contributed by atoms with Gasteiger partial charge in [-0.3, -0.25) is 4.79 Å². The van der Waals surface area contributed by atoms with Gasteiger partial charge in [-0.15, -0.1) is 0 Å². The van der Waals surface area contributed by atoms with Gasteiger partial charge >= 0.3 is 5.97 Å². The Morgan fingerprint density at radius 3 is 2.75 bits per heavy atom. The molecule has 2 aromatic rings. The van der Waals surface area contributed by atoms with Crippen LogP contribution in [0.2, 0.25) is 5.15 Å². The topological polar surface area (TPSA) is 68.3 Å². The van der Waals surface area contributed by atoms with Crippen molar-refractivity contribution in [3.63, 3.8) is 0 Å². The van der Waals surface area contributed by atoms with Crippen molar-refractivity contribution in [1.82, 2.24) is 10.3 Å². The summed E-state index contributed by atoms with van der Waals surface area (Å²) in [5.74, 6) is -2.93. The van der Waals surface area contributed by atoms with E-state index in [1.165, 1.54) is 31.3 Å². The van der Waals surface area contributed by atoms with Crippen molar-refractivity contribution in [2.45, 2.75) is 13.0 Å². The number of nitrogens with zero attached hydrogens (tertiary/aromatic N) is 1. The Labute approximate surface area is 141 Å². The van der Waals surface area contributed by atoms with Gasteiger partial charge in [0.2, 0.25) is 0 Å². The number of aromatic nitrogens is 1. The van der Waals surface area contributed by atoms with Crippen LogP contribution in [0.5, 0.6) is 0 Å². The molecular weight excluding hydrogens is 342 g/mol. The molecule has 5 nitrogen and oxygen atoms in total. The lowest BCUT2D eigenvalue weighted by molar-refractivity contribution is -0.124. The lowest BCUT2D eigenvalue weighted by Gasteiger charge is -2.15. The summed E-state index contributed by atoms with van der Waals surface area (Å²) in [7, 11) is 0. The van der Waals surface area contributed by atoms with Crippen molar-refractivity contribution in [2.24, 2.45) is 0 Å². The van der Waals surface area contributed by atoms with Crippen LogP contribution < -0.4 is 5.32 Å². The maximum absolute atomic E-state index is 13.6. The first-order valence-electron chi connectivity index (χ1n) is 6.90. The molecule has 2 rings (SSSR count). The van der Waals surface area contributed by atoms with Gasteiger partial charge in [-0.1, -0.05) is 17.7 Å². The largest absolute Gasteiger partial charge is 0.452 e. The maximum Gasteiger partial charge on any atom is 0.341 e. The van der Waals surface area contributed by atoms with E-state index in [0.717, 1.165) is 12.1 Å². The van der Waals surface area contributed by atoms with Gasteiger partial charge in [-0.25, -0.2) is 18.6 Å². The van der Waals surface area contributed by atoms with E-state index in [2.05, 4.69) is 10.3 Å². The second kappa shape index (κ2) is 7.83. The quantitative estimate of drug-likeness (QED) is 0.662. The van der Waals surface area contributed by atoms with E-state index in [1.807, 2.05) is 0 Å². The van der Waals surface area contributed by atoms with Gasteiger partial charge in [-0.05, 0) is 25.1 Å². The zero-order valence-corrected chi connectivity index (χ0v) is 13.3. The molecule has 0 saturated carbocycles. The van der Waals surface area contributed by atoms with Crippen molar-refractivity contribution in [2.75, 3.05) is 6.61 Å². The number of carbonyl (C=O) groups excluding carboxylic acids is 2. The lowest BCUT2D eigenvalue weighted by atomic mass is 10.1. The fourth-order valence-electron chi connectivity index (χ4n) is 1.96. The molecule has 0 spiro atoms. The molecule has 0 saturated heterocycles. The van der Waals surface area contributed by atoms with E-state index in [0.29, 0.717) is 0 Å². The van der Waals surface area contributed by atoms with E-state index in [4.69, 9.17) is 16.3 Å². The van der Waals surface area contributed by atoms with Crippen LogP contribution in [0.15, 0.2) is 36.5 Å². The van der Waals surface area contributed by atoms with Gasteiger partial charge < -0.3 is 10.1 Å². The predicted molar refractivity (Wildman–Crippen MR) is 82.4 cm³/mol. The van der Waals surface area contributed by atoms with E-state index in [9.17, 15) is 18.4 Å². The molecule has 0 aliphatic carbocycles. The van der Waals surface area contributed by atoms with Crippen LogP contribution in [0.25, 0.3) is 0 Å². The summed E-state index contributed by atoms with van der Waals surface area (Å²) >= 11 is 5.74. The van der Waals surface area contributed by atoms with Crippen molar-refractivity contribution in [3.8, 4) is 0 Å². The van der Waals surface area contributed by atoms with E-state index in [-0.39, 0.29) is 16.3 Å². The third kappa shape index (κ3) is 4.48. The van der Waals surface area contributed by atoms with Gasteiger partial charge in [0.05, 0.1) is 11.6 Å². The van der Waals surface area contributed by atoms with Crippen molar-refractivity contribution in [1.29, 1.82) is 0 Å². The van der Waals surface area contributed by atoms with E-state index >= 15 is 0 Å². The molecule has 1 aromatic carbocycles. The maximum atomic E-state index is 13.6. The van der Waals surface area contributed by atoms with Crippen molar-refractivity contribution < 1.29 is 23.1 Å². The molecule has 0 aliphatic heterocycles. The molecule has 1 heterocycles. The smallest absolute Gasteiger partial charge is 0.341 e.